The Kier molecular flexibility index (Phi) is 4.40. The molecule has 0 aromatic heterocycles. The first kappa shape index (κ1) is 13.8. The fraction of sp³-hybridized carbons (Fsp3) is 0.571. The van der Waals surface area contributed by atoms with Crippen molar-refractivity contribution in [3.63, 3.8) is 0 Å². The molecule has 1 aliphatic heterocycles. The van der Waals surface area contributed by atoms with Crippen LogP contribution in [0.1, 0.15) is 26.7 Å². The predicted octanol–water partition coefficient (Wildman–Crippen LogP) is 3.48. The van der Waals surface area contributed by atoms with E-state index in [9.17, 15) is 0 Å². The molecular weight excluding hydrogens is 212 g/mol. The zero-order chi connectivity index (χ0) is 11.6. The van der Waals surface area contributed by atoms with E-state index in [1.54, 1.807) is 7.11 Å². The number of hydrogen-bond acceptors (Lipinski definition) is 3. The summed E-state index contributed by atoms with van der Waals surface area (Å²) in [5, 5.41) is 0. The third kappa shape index (κ3) is 3.37. The van der Waals surface area contributed by atoms with Crippen LogP contribution in [0.3, 0.4) is 0 Å². The summed E-state index contributed by atoms with van der Waals surface area (Å²) >= 11 is 0. The standard InChI is InChI=1S/C14H21NO.H3N/c1-14(2)8-10-15(11-9-14)12-4-6-13(16-3)7-5-12;/h4-7H,8-11H2,1-3H3;1H3. The zero-order valence-corrected chi connectivity index (χ0v) is 11.2. The summed E-state index contributed by atoms with van der Waals surface area (Å²) in [6.07, 6.45) is 2.55. The average molecular weight is 236 g/mol. The van der Waals surface area contributed by atoms with E-state index in [0.29, 0.717) is 5.41 Å². The molecule has 1 saturated heterocycles. The highest BCUT2D eigenvalue weighted by atomic mass is 16.5. The van der Waals surface area contributed by atoms with Gasteiger partial charge in [-0.15, -0.1) is 0 Å². The second-order valence-corrected chi connectivity index (χ2v) is 5.35. The van der Waals surface area contributed by atoms with Crippen LogP contribution in [-0.2, 0) is 0 Å². The highest BCUT2D eigenvalue weighted by Crippen LogP contribution is 2.32. The molecule has 0 spiro atoms. The average Bonchev–Trinajstić information content (AvgIpc) is 2.29. The maximum atomic E-state index is 5.17. The van der Waals surface area contributed by atoms with E-state index in [4.69, 9.17) is 4.74 Å². The van der Waals surface area contributed by atoms with Crippen molar-refractivity contribution >= 4 is 5.69 Å². The molecule has 3 nitrogen and oxygen atoms in total. The topological polar surface area (TPSA) is 47.5 Å². The molecule has 1 heterocycles. The molecule has 0 unspecified atom stereocenters. The van der Waals surface area contributed by atoms with Crippen LogP contribution in [0.25, 0.3) is 0 Å². The molecule has 1 aromatic carbocycles. The van der Waals surface area contributed by atoms with Crippen LogP contribution in [0.4, 0.5) is 5.69 Å². The van der Waals surface area contributed by atoms with Crippen LogP contribution in [0.5, 0.6) is 5.75 Å². The van der Waals surface area contributed by atoms with Gasteiger partial charge in [-0.05, 0) is 42.5 Å². The number of rotatable bonds is 2. The third-order valence-corrected chi connectivity index (χ3v) is 3.55. The molecule has 0 atom stereocenters. The minimum Gasteiger partial charge on any atom is -0.497 e. The molecule has 0 saturated carbocycles. The van der Waals surface area contributed by atoms with Gasteiger partial charge in [-0.1, -0.05) is 13.8 Å². The van der Waals surface area contributed by atoms with Gasteiger partial charge in [0, 0.05) is 18.8 Å². The highest BCUT2D eigenvalue weighted by Gasteiger charge is 2.25. The van der Waals surface area contributed by atoms with Crippen LogP contribution in [0, 0.1) is 5.41 Å². The second kappa shape index (κ2) is 5.41. The molecule has 0 amide bonds. The van der Waals surface area contributed by atoms with E-state index in [1.807, 2.05) is 12.1 Å². The van der Waals surface area contributed by atoms with Crippen molar-refractivity contribution in [3.8, 4) is 5.75 Å². The Morgan fingerprint density at radius 2 is 1.59 bits per heavy atom. The summed E-state index contributed by atoms with van der Waals surface area (Å²) in [5.41, 5.74) is 1.83. The molecule has 1 aromatic rings. The lowest BCUT2D eigenvalue weighted by atomic mass is 9.82. The van der Waals surface area contributed by atoms with Crippen LogP contribution in [-0.4, -0.2) is 20.2 Å². The fourth-order valence-electron chi connectivity index (χ4n) is 2.16. The highest BCUT2D eigenvalue weighted by molar-refractivity contribution is 5.49. The Bertz CT molecular complexity index is 336. The molecule has 0 bridgehead atoms. The smallest absolute Gasteiger partial charge is 0.119 e. The first-order chi connectivity index (χ1) is 7.61. The van der Waals surface area contributed by atoms with Gasteiger partial charge in [-0.2, -0.15) is 0 Å². The quantitative estimate of drug-likeness (QED) is 0.855. The lowest BCUT2D eigenvalue weighted by Crippen LogP contribution is -2.37. The molecule has 3 heteroatoms. The molecular formula is C14H24N2O. The van der Waals surface area contributed by atoms with E-state index in [0.717, 1.165) is 5.75 Å². The van der Waals surface area contributed by atoms with Gasteiger partial charge >= 0.3 is 0 Å². The van der Waals surface area contributed by atoms with Crippen molar-refractivity contribution in [3.05, 3.63) is 24.3 Å². The van der Waals surface area contributed by atoms with Crippen molar-refractivity contribution < 1.29 is 4.74 Å². The summed E-state index contributed by atoms with van der Waals surface area (Å²) in [6, 6.07) is 8.37. The van der Waals surface area contributed by atoms with Gasteiger partial charge in [0.15, 0.2) is 0 Å². The van der Waals surface area contributed by atoms with Gasteiger partial charge in [0.05, 0.1) is 7.11 Å². The van der Waals surface area contributed by atoms with Crippen LogP contribution >= 0.6 is 0 Å². The Labute approximate surface area is 104 Å². The maximum absolute atomic E-state index is 5.17. The summed E-state index contributed by atoms with van der Waals surface area (Å²) < 4.78 is 5.17. The van der Waals surface area contributed by atoms with Crippen molar-refractivity contribution in [1.29, 1.82) is 0 Å². The first-order valence-corrected chi connectivity index (χ1v) is 6.00. The van der Waals surface area contributed by atoms with Gasteiger partial charge in [0.2, 0.25) is 0 Å². The van der Waals surface area contributed by atoms with Crippen molar-refractivity contribution in [2.75, 3.05) is 25.1 Å². The predicted molar refractivity (Wildman–Crippen MR) is 73.2 cm³/mol. The molecule has 2 rings (SSSR count). The third-order valence-electron chi connectivity index (χ3n) is 3.55. The molecule has 1 aliphatic rings. The summed E-state index contributed by atoms with van der Waals surface area (Å²) in [4.78, 5) is 2.46. The minimum absolute atomic E-state index is 0. The fourth-order valence-corrected chi connectivity index (χ4v) is 2.16. The molecule has 17 heavy (non-hydrogen) atoms. The molecule has 96 valence electrons. The Balaban J connectivity index is 0.00000144. The molecule has 1 fully saturated rings. The summed E-state index contributed by atoms with van der Waals surface area (Å²) in [5.74, 6) is 0.932. The number of hydrogen-bond donors (Lipinski definition) is 1. The first-order valence-electron chi connectivity index (χ1n) is 6.00. The lowest BCUT2D eigenvalue weighted by Gasteiger charge is -2.38. The number of benzene rings is 1. The monoisotopic (exact) mass is 236 g/mol. The van der Waals surface area contributed by atoms with Crippen LogP contribution in [0.2, 0.25) is 0 Å². The summed E-state index contributed by atoms with van der Waals surface area (Å²) in [7, 11) is 1.71. The molecule has 0 aliphatic carbocycles. The van der Waals surface area contributed by atoms with E-state index in [-0.39, 0.29) is 6.15 Å². The second-order valence-electron chi connectivity index (χ2n) is 5.35. The van der Waals surface area contributed by atoms with E-state index >= 15 is 0 Å². The SMILES string of the molecule is COc1ccc(N2CCC(C)(C)CC2)cc1.N. The van der Waals surface area contributed by atoms with Gasteiger partial charge in [0.1, 0.15) is 5.75 Å². The number of anilines is 1. The van der Waals surface area contributed by atoms with Crippen LogP contribution in [0.15, 0.2) is 24.3 Å². The van der Waals surface area contributed by atoms with Gasteiger partial charge in [0.25, 0.3) is 0 Å². The number of piperidine rings is 1. The van der Waals surface area contributed by atoms with E-state index < -0.39 is 0 Å². The van der Waals surface area contributed by atoms with E-state index in [2.05, 4.69) is 30.9 Å². The van der Waals surface area contributed by atoms with Crippen molar-refractivity contribution in [2.24, 2.45) is 5.41 Å². The Hall–Kier alpha value is -1.22. The normalized spacial score (nSPS) is 18.4. The number of methoxy groups -OCH3 is 1. The minimum atomic E-state index is 0. The van der Waals surface area contributed by atoms with Crippen molar-refractivity contribution in [2.45, 2.75) is 26.7 Å². The van der Waals surface area contributed by atoms with Gasteiger partial charge < -0.3 is 15.8 Å². The number of ether oxygens (including phenoxy) is 1. The van der Waals surface area contributed by atoms with E-state index in [1.165, 1.54) is 31.6 Å². The Morgan fingerprint density at radius 1 is 1.06 bits per heavy atom. The molecule has 3 N–H and O–H groups in total. The lowest BCUT2D eigenvalue weighted by molar-refractivity contribution is 0.280. The van der Waals surface area contributed by atoms with Gasteiger partial charge in [-0.3, -0.25) is 0 Å². The van der Waals surface area contributed by atoms with Crippen molar-refractivity contribution in [1.82, 2.24) is 6.15 Å². The van der Waals surface area contributed by atoms with Gasteiger partial charge in [-0.25, -0.2) is 0 Å². The number of nitrogens with zero attached hydrogens (tertiary/aromatic N) is 1. The summed E-state index contributed by atoms with van der Waals surface area (Å²) in [6.45, 7) is 7.05. The Morgan fingerprint density at radius 3 is 2.06 bits per heavy atom. The maximum Gasteiger partial charge on any atom is 0.119 e. The largest absolute Gasteiger partial charge is 0.497 e. The zero-order valence-electron chi connectivity index (χ0n) is 11.2. The molecule has 0 radical (unpaired) electrons. The van der Waals surface area contributed by atoms with Crippen LogP contribution < -0.4 is 15.8 Å².